The summed E-state index contributed by atoms with van der Waals surface area (Å²) >= 11 is 0. The number of hydrogen-bond donors (Lipinski definition) is 2. The highest BCUT2D eigenvalue weighted by atomic mass is 16.3. The molecule has 4 nitrogen and oxygen atoms in total. The van der Waals surface area contributed by atoms with Crippen molar-refractivity contribution in [3.05, 3.63) is 35.4 Å². The van der Waals surface area contributed by atoms with Crippen LogP contribution in [0.4, 0.5) is 0 Å². The molecule has 1 aliphatic heterocycles. The smallest absolute Gasteiger partial charge is 0.256 e. The molecule has 2 fully saturated rings. The molecule has 120 valence electrons. The van der Waals surface area contributed by atoms with Gasteiger partial charge in [-0.05, 0) is 38.2 Å². The van der Waals surface area contributed by atoms with Gasteiger partial charge in [0.25, 0.3) is 5.91 Å². The Labute approximate surface area is 132 Å². The van der Waals surface area contributed by atoms with Crippen LogP contribution in [0.15, 0.2) is 24.3 Å². The standard InChI is InChI=1S/C18H26N2O2/c1-14-5-2-6-15(11-14)12-20-10-4-9-18(22,17(20)21)13-19-16-7-3-8-16/h2,5-6,11,16,19,22H,3-4,7-10,12-13H2,1H3. The lowest BCUT2D eigenvalue weighted by Gasteiger charge is -2.40. The number of rotatable bonds is 5. The Balaban J connectivity index is 1.63. The zero-order valence-electron chi connectivity index (χ0n) is 13.3. The lowest BCUT2D eigenvalue weighted by atomic mass is 9.88. The summed E-state index contributed by atoms with van der Waals surface area (Å²) in [6.07, 6.45) is 5.01. The number of hydrogen-bond acceptors (Lipinski definition) is 3. The zero-order chi connectivity index (χ0) is 15.6. The average Bonchev–Trinajstić information content (AvgIpc) is 2.43. The van der Waals surface area contributed by atoms with Crippen molar-refractivity contribution in [2.24, 2.45) is 0 Å². The van der Waals surface area contributed by atoms with Crippen molar-refractivity contribution in [2.75, 3.05) is 13.1 Å². The molecule has 0 bridgehead atoms. The van der Waals surface area contributed by atoms with E-state index in [9.17, 15) is 9.90 Å². The van der Waals surface area contributed by atoms with Crippen molar-refractivity contribution >= 4 is 5.91 Å². The highest BCUT2D eigenvalue weighted by Crippen LogP contribution is 2.25. The van der Waals surface area contributed by atoms with E-state index in [0.29, 0.717) is 25.6 Å². The number of benzene rings is 1. The molecule has 1 aromatic rings. The highest BCUT2D eigenvalue weighted by molar-refractivity contribution is 5.86. The van der Waals surface area contributed by atoms with Gasteiger partial charge in [0.2, 0.25) is 0 Å². The second-order valence-electron chi connectivity index (χ2n) is 6.86. The van der Waals surface area contributed by atoms with Gasteiger partial charge in [0.1, 0.15) is 0 Å². The van der Waals surface area contributed by atoms with Gasteiger partial charge in [-0.3, -0.25) is 4.79 Å². The Kier molecular flexibility index (Phi) is 4.50. The first-order chi connectivity index (χ1) is 10.6. The van der Waals surface area contributed by atoms with Crippen LogP contribution in [0.5, 0.6) is 0 Å². The maximum Gasteiger partial charge on any atom is 0.256 e. The van der Waals surface area contributed by atoms with Gasteiger partial charge in [0, 0.05) is 25.7 Å². The fourth-order valence-corrected chi connectivity index (χ4v) is 3.34. The quantitative estimate of drug-likeness (QED) is 0.874. The van der Waals surface area contributed by atoms with E-state index in [1.54, 1.807) is 4.90 Å². The molecule has 1 unspecified atom stereocenters. The number of carbonyl (C=O) groups is 1. The first kappa shape index (κ1) is 15.5. The molecule has 1 saturated heterocycles. The third kappa shape index (κ3) is 3.33. The van der Waals surface area contributed by atoms with Crippen LogP contribution in [0, 0.1) is 6.92 Å². The molecule has 3 rings (SSSR count). The lowest BCUT2D eigenvalue weighted by molar-refractivity contribution is -0.157. The Hall–Kier alpha value is -1.39. The maximum atomic E-state index is 12.7. The minimum atomic E-state index is -1.22. The summed E-state index contributed by atoms with van der Waals surface area (Å²) in [5, 5.41) is 14.1. The summed E-state index contributed by atoms with van der Waals surface area (Å²) in [6, 6.07) is 8.71. The number of nitrogens with one attached hydrogen (secondary N) is 1. The van der Waals surface area contributed by atoms with Crippen LogP contribution < -0.4 is 5.32 Å². The van der Waals surface area contributed by atoms with Crippen LogP contribution in [-0.4, -0.2) is 40.6 Å². The van der Waals surface area contributed by atoms with Crippen molar-refractivity contribution in [1.29, 1.82) is 0 Å². The van der Waals surface area contributed by atoms with Crippen LogP contribution in [0.25, 0.3) is 0 Å². The predicted molar refractivity (Wildman–Crippen MR) is 86.4 cm³/mol. The highest BCUT2D eigenvalue weighted by Gasteiger charge is 2.42. The first-order valence-corrected chi connectivity index (χ1v) is 8.37. The Morgan fingerprint density at radius 3 is 2.86 bits per heavy atom. The van der Waals surface area contributed by atoms with E-state index in [2.05, 4.69) is 24.4 Å². The van der Waals surface area contributed by atoms with Crippen molar-refractivity contribution in [3.8, 4) is 0 Å². The van der Waals surface area contributed by atoms with Gasteiger partial charge in [0.05, 0.1) is 0 Å². The Morgan fingerprint density at radius 2 is 2.18 bits per heavy atom. The van der Waals surface area contributed by atoms with E-state index in [1.807, 2.05) is 12.1 Å². The molecule has 1 saturated carbocycles. The molecule has 0 aromatic heterocycles. The average molecular weight is 302 g/mol. The van der Waals surface area contributed by atoms with Crippen LogP contribution in [-0.2, 0) is 11.3 Å². The van der Waals surface area contributed by atoms with Gasteiger partial charge in [-0.1, -0.05) is 36.2 Å². The van der Waals surface area contributed by atoms with Crippen LogP contribution in [0.3, 0.4) is 0 Å². The molecular weight excluding hydrogens is 276 g/mol. The normalized spacial score (nSPS) is 26.1. The van der Waals surface area contributed by atoms with Gasteiger partial charge in [-0.15, -0.1) is 0 Å². The second kappa shape index (κ2) is 6.39. The summed E-state index contributed by atoms with van der Waals surface area (Å²) in [4.78, 5) is 14.5. The molecule has 1 aliphatic carbocycles. The molecule has 2 aliphatic rings. The van der Waals surface area contributed by atoms with E-state index >= 15 is 0 Å². The van der Waals surface area contributed by atoms with Crippen LogP contribution >= 0.6 is 0 Å². The molecular formula is C18H26N2O2. The Morgan fingerprint density at radius 1 is 1.36 bits per heavy atom. The lowest BCUT2D eigenvalue weighted by Crippen LogP contribution is -2.59. The molecule has 1 heterocycles. The largest absolute Gasteiger partial charge is 0.379 e. The van der Waals surface area contributed by atoms with Crippen molar-refractivity contribution in [3.63, 3.8) is 0 Å². The SMILES string of the molecule is Cc1cccc(CN2CCCC(O)(CNC3CCC3)C2=O)c1. The van der Waals surface area contributed by atoms with Crippen LogP contribution in [0.2, 0.25) is 0 Å². The third-order valence-corrected chi connectivity index (χ3v) is 4.95. The van der Waals surface area contributed by atoms with E-state index in [-0.39, 0.29) is 5.91 Å². The number of aryl methyl sites for hydroxylation is 1. The number of carbonyl (C=O) groups excluding carboxylic acids is 1. The van der Waals surface area contributed by atoms with Crippen molar-refractivity contribution in [1.82, 2.24) is 10.2 Å². The van der Waals surface area contributed by atoms with Gasteiger partial charge in [0.15, 0.2) is 5.60 Å². The summed E-state index contributed by atoms with van der Waals surface area (Å²) in [5.74, 6) is -0.118. The Bertz CT molecular complexity index is 542. The molecule has 2 N–H and O–H groups in total. The summed E-state index contributed by atoms with van der Waals surface area (Å²) < 4.78 is 0. The summed E-state index contributed by atoms with van der Waals surface area (Å²) in [5.41, 5.74) is 1.10. The zero-order valence-corrected chi connectivity index (χ0v) is 13.3. The summed E-state index contributed by atoms with van der Waals surface area (Å²) in [6.45, 7) is 3.77. The third-order valence-electron chi connectivity index (χ3n) is 4.95. The molecule has 22 heavy (non-hydrogen) atoms. The predicted octanol–water partition coefficient (Wildman–Crippen LogP) is 1.99. The topological polar surface area (TPSA) is 52.6 Å². The second-order valence-corrected chi connectivity index (χ2v) is 6.86. The van der Waals surface area contributed by atoms with Gasteiger partial charge in [-0.2, -0.15) is 0 Å². The van der Waals surface area contributed by atoms with Gasteiger partial charge >= 0.3 is 0 Å². The van der Waals surface area contributed by atoms with E-state index < -0.39 is 5.60 Å². The number of likely N-dealkylation sites (tertiary alicyclic amines) is 1. The fraction of sp³-hybridized carbons (Fsp3) is 0.611. The first-order valence-electron chi connectivity index (χ1n) is 8.37. The molecule has 1 amide bonds. The number of aliphatic hydroxyl groups is 1. The number of amides is 1. The van der Waals surface area contributed by atoms with E-state index in [0.717, 1.165) is 31.4 Å². The van der Waals surface area contributed by atoms with Crippen LogP contribution in [0.1, 0.15) is 43.2 Å². The minimum absolute atomic E-state index is 0.118. The monoisotopic (exact) mass is 302 g/mol. The van der Waals surface area contributed by atoms with E-state index in [4.69, 9.17) is 0 Å². The molecule has 0 radical (unpaired) electrons. The molecule has 1 atom stereocenters. The fourth-order valence-electron chi connectivity index (χ4n) is 3.34. The number of nitrogens with zero attached hydrogens (tertiary/aromatic N) is 1. The van der Waals surface area contributed by atoms with Crippen molar-refractivity contribution in [2.45, 2.75) is 57.2 Å². The van der Waals surface area contributed by atoms with Gasteiger partial charge in [-0.25, -0.2) is 0 Å². The van der Waals surface area contributed by atoms with E-state index in [1.165, 1.54) is 12.0 Å². The van der Waals surface area contributed by atoms with Crippen molar-refractivity contribution < 1.29 is 9.90 Å². The molecule has 0 spiro atoms. The maximum absolute atomic E-state index is 12.7. The molecule has 4 heteroatoms. The minimum Gasteiger partial charge on any atom is -0.379 e. The van der Waals surface area contributed by atoms with Gasteiger partial charge < -0.3 is 15.3 Å². The molecule has 1 aromatic carbocycles. The number of piperidine rings is 1. The summed E-state index contributed by atoms with van der Waals surface area (Å²) in [7, 11) is 0.